The van der Waals surface area contributed by atoms with Gasteiger partial charge in [-0.2, -0.15) is 0 Å². The smallest absolute Gasteiger partial charge is 0.141 e. The molecule has 0 bridgehead atoms. The zero-order valence-electron chi connectivity index (χ0n) is 13.3. The van der Waals surface area contributed by atoms with E-state index in [1.165, 1.54) is 6.07 Å². The van der Waals surface area contributed by atoms with E-state index in [0.29, 0.717) is 0 Å². The number of anilines is 2. The Bertz CT molecular complexity index is 857. The van der Waals surface area contributed by atoms with Gasteiger partial charge >= 0.3 is 0 Å². The molecule has 3 rings (SSSR count). The first-order chi connectivity index (χ1) is 10.9. The minimum Gasteiger partial charge on any atom is -0.354 e. The Morgan fingerprint density at radius 3 is 2.74 bits per heavy atom. The second-order valence-corrected chi connectivity index (χ2v) is 6.25. The van der Waals surface area contributed by atoms with Crippen molar-refractivity contribution in [3.05, 3.63) is 58.8 Å². The first kappa shape index (κ1) is 15.8. The zero-order chi connectivity index (χ0) is 16.6. The van der Waals surface area contributed by atoms with Crippen molar-refractivity contribution in [2.45, 2.75) is 13.5 Å². The minimum atomic E-state index is -0.424. The Morgan fingerprint density at radius 1 is 1.26 bits per heavy atom. The van der Waals surface area contributed by atoms with Gasteiger partial charge in [0, 0.05) is 18.4 Å². The summed E-state index contributed by atoms with van der Waals surface area (Å²) in [5, 5.41) is 3.36. The van der Waals surface area contributed by atoms with Crippen LogP contribution in [-0.4, -0.2) is 28.4 Å². The van der Waals surface area contributed by atoms with Crippen LogP contribution in [0.4, 0.5) is 15.8 Å². The number of benzene rings is 1. The first-order valence-corrected chi connectivity index (χ1v) is 7.65. The van der Waals surface area contributed by atoms with Crippen LogP contribution in [0.5, 0.6) is 0 Å². The molecule has 0 amide bonds. The molecule has 0 saturated carbocycles. The van der Waals surface area contributed by atoms with Crippen LogP contribution in [-0.2, 0) is 6.54 Å². The zero-order valence-corrected chi connectivity index (χ0v) is 14.0. The summed E-state index contributed by atoms with van der Waals surface area (Å²) in [6.07, 6.45) is 3.88. The van der Waals surface area contributed by atoms with Gasteiger partial charge in [0.2, 0.25) is 0 Å². The van der Waals surface area contributed by atoms with Gasteiger partial charge in [0.25, 0.3) is 0 Å². The van der Waals surface area contributed by atoms with Gasteiger partial charge < -0.3 is 14.6 Å². The van der Waals surface area contributed by atoms with Crippen molar-refractivity contribution in [3.63, 3.8) is 0 Å². The predicted octanol–water partition coefficient (Wildman–Crippen LogP) is 4.24. The summed E-state index contributed by atoms with van der Waals surface area (Å²) in [6.45, 7) is 2.82. The monoisotopic (exact) mass is 332 g/mol. The maximum atomic E-state index is 13.3. The number of aromatic nitrogens is 2. The number of hydrogen-bond acceptors (Lipinski definition) is 3. The van der Waals surface area contributed by atoms with Crippen LogP contribution in [0.2, 0.25) is 5.02 Å². The number of hydrogen-bond donors (Lipinski definition) is 1. The Hall–Kier alpha value is -2.11. The number of pyridine rings is 1. The summed E-state index contributed by atoms with van der Waals surface area (Å²) < 4.78 is 15.3. The van der Waals surface area contributed by atoms with Crippen molar-refractivity contribution >= 4 is 28.6 Å². The number of imidazole rings is 1. The van der Waals surface area contributed by atoms with Gasteiger partial charge in [-0.3, -0.25) is 0 Å². The number of nitrogens with one attached hydrogen (secondary N) is 1. The Kier molecular flexibility index (Phi) is 4.24. The molecule has 0 aliphatic heterocycles. The lowest BCUT2D eigenvalue weighted by Gasteiger charge is -2.12. The van der Waals surface area contributed by atoms with E-state index in [4.69, 9.17) is 11.6 Å². The SMILES string of the molecule is Cc1cc(Nc2ccc(F)c(Cl)c2)cn2c(CN(C)C)cnc12. The summed E-state index contributed by atoms with van der Waals surface area (Å²) in [4.78, 5) is 6.58. The summed E-state index contributed by atoms with van der Waals surface area (Å²) in [5.41, 5.74) is 4.74. The van der Waals surface area contributed by atoms with Gasteiger partial charge in [0.05, 0.1) is 22.6 Å². The van der Waals surface area contributed by atoms with Crippen LogP contribution in [0.3, 0.4) is 0 Å². The molecule has 0 aliphatic rings. The maximum Gasteiger partial charge on any atom is 0.141 e. The molecule has 2 aromatic heterocycles. The molecule has 1 aromatic carbocycles. The molecule has 2 heterocycles. The van der Waals surface area contributed by atoms with E-state index >= 15 is 0 Å². The third kappa shape index (κ3) is 3.30. The maximum absolute atomic E-state index is 13.3. The fourth-order valence-corrected chi connectivity index (χ4v) is 2.74. The van der Waals surface area contributed by atoms with E-state index in [1.54, 1.807) is 12.1 Å². The van der Waals surface area contributed by atoms with Crippen molar-refractivity contribution in [2.24, 2.45) is 0 Å². The molecule has 6 heteroatoms. The second kappa shape index (κ2) is 6.18. The van der Waals surface area contributed by atoms with Gasteiger partial charge in [0.1, 0.15) is 11.5 Å². The molecule has 120 valence electrons. The van der Waals surface area contributed by atoms with Crippen LogP contribution < -0.4 is 5.32 Å². The standard InChI is InChI=1S/C17H18ClFN4/c1-11-6-13(21-12-4-5-16(19)15(18)7-12)9-23-14(10-22(2)3)8-20-17(11)23/h4-9,21H,10H2,1-3H3. The molecule has 4 nitrogen and oxygen atoms in total. The van der Waals surface area contributed by atoms with Crippen LogP contribution >= 0.6 is 11.6 Å². The highest BCUT2D eigenvalue weighted by molar-refractivity contribution is 6.31. The molecule has 0 spiro atoms. The lowest BCUT2D eigenvalue weighted by Crippen LogP contribution is -2.12. The van der Waals surface area contributed by atoms with E-state index in [9.17, 15) is 4.39 Å². The molecule has 23 heavy (non-hydrogen) atoms. The average molecular weight is 333 g/mol. The van der Waals surface area contributed by atoms with Crippen molar-refractivity contribution in [1.82, 2.24) is 14.3 Å². The summed E-state index contributed by atoms with van der Waals surface area (Å²) >= 11 is 5.84. The van der Waals surface area contributed by atoms with E-state index in [0.717, 1.165) is 34.8 Å². The highest BCUT2D eigenvalue weighted by atomic mass is 35.5. The molecule has 0 atom stereocenters. The van der Waals surface area contributed by atoms with Crippen molar-refractivity contribution < 1.29 is 4.39 Å². The quantitative estimate of drug-likeness (QED) is 0.775. The average Bonchev–Trinajstić information content (AvgIpc) is 2.86. The normalized spacial score (nSPS) is 11.4. The van der Waals surface area contributed by atoms with Crippen LogP contribution in [0.25, 0.3) is 5.65 Å². The number of halogens is 2. The molecule has 0 aliphatic carbocycles. The largest absolute Gasteiger partial charge is 0.354 e. The first-order valence-electron chi connectivity index (χ1n) is 7.27. The third-order valence-corrected chi connectivity index (χ3v) is 3.84. The lowest BCUT2D eigenvalue weighted by molar-refractivity contribution is 0.395. The summed E-state index contributed by atoms with van der Waals surface area (Å²) in [7, 11) is 4.05. The Balaban J connectivity index is 1.98. The van der Waals surface area contributed by atoms with Gasteiger partial charge in [-0.1, -0.05) is 11.6 Å². The third-order valence-electron chi connectivity index (χ3n) is 3.55. The molecule has 0 fully saturated rings. The lowest BCUT2D eigenvalue weighted by atomic mass is 10.2. The van der Waals surface area contributed by atoms with Gasteiger partial charge in [-0.15, -0.1) is 0 Å². The Morgan fingerprint density at radius 2 is 2.04 bits per heavy atom. The number of nitrogens with zero attached hydrogens (tertiary/aromatic N) is 3. The molecule has 0 unspecified atom stereocenters. The number of rotatable bonds is 4. The van der Waals surface area contributed by atoms with Gasteiger partial charge in [-0.05, 0) is 50.8 Å². The fraction of sp³-hybridized carbons (Fsp3) is 0.235. The van der Waals surface area contributed by atoms with Crippen molar-refractivity contribution in [1.29, 1.82) is 0 Å². The van der Waals surface area contributed by atoms with Gasteiger partial charge in [0.15, 0.2) is 0 Å². The number of fused-ring (bicyclic) bond motifs is 1. The highest BCUT2D eigenvalue weighted by Crippen LogP contribution is 2.25. The number of aryl methyl sites for hydroxylation is 1. The minimum absolute atomic E-state index is 0.101. The van der Waals surface area contributed by atoms with Crippen molar-refractivity contribution in [3.8, 4) is 0 Å². The molecule has 3 aromatic rings. The predicted molar refractivity (Wildman–Crippen MR) is 92.0 cm³/mol. The van der Waals surface area contributed by atoms with Crippen LogP contribution in [0.15, 0.2) is 36.7 Å². The molecular weight excluding hydrogens is 315 g/mol. The van der Waals surface area contributed by atoms with Crippen LogP contribution in [0.1, 0.15) is 11.3 Å². The van der Waals surface area contributed by atoms with Crippen molar-refractivity contribution in [2.75, 3.05) is 19.4 Å². The molecule has 1 N–H and O–H groups in total. The van der Waals surface area contributed by atoms with Crippen LogP contribution in [0, 0.1) is 12.7 Å². The van der Waals surface area contributed by atoms with E-state index in [2.05, 4.69) is 19.6 Å². The summed E-state index contributed by atoms with van der Waals surface area (Å²) in [6, 6.07) is 6.60. The molecular formula is C17H18ClFN4. The second-order valence-electron chi connectivity index (χ2n) is 5.85. The fourth-order valence-electron chi connectivity index (χ4n) is 2.56. The van der Waals surface area contributed by atoms with Gasteiger partial charge in [-0.25, -0.2) is 9.37 Å². The summed E-state index contributed by atoms with van der Waals surface area (Å²) in [5.74, 6) is -0.424. The molecule has 0 saturated heterocycles. The van der Waals surface area contributed by atoms with E-state index in [-0.39, 0.29) is 5.02 Å². The Labute approximate surface area is 139 Å². The van der Waals surface area contributed by atoms with E-state index in [1.807, 2.05) is 39.5 Å². The topological polar surface area (TPSA) is 32.6 Å². The molecule has 0 radical (unpaired) electrons. The highest BCUT2D eigenvalue weighted by Gasteiger charge is 2.09. The van der Waals surface area contributed by atoms with E-state index < -0.39 is 5.82 Å².